The fraction of sp³-hybridized carbons (Fsp3) is 0.0769. The van der Waals surface area contributed by atoms with E-state index in [1.165, 1.54) is 0 Å². The van der Waals surface area contributed by atoms with Gasteiger partial charge in [-0.05, 0) is 60.3 Å². The molecule has 0 atom stereocenters. The maximum absolute atomic E-state index is 12.3. The van der Waals surface area contributed by atoms with E-state index in [0.29, 0.717) is 33.4 Å². The molecule has 0 fully saturated rings. The van der Waals surface area contributed by atoms with E-state index in [4.69, 9.17) is 20.8 Å². The Labute approximate surface area is 189 Å². The number of hydrogen-bond acceptors (Lipinski definition) is 4. The van der Waals surface area contributed by atoms with Gasteiger partial charge < -0.3 is 14.5 Å². The first kappa shape index (κ1) is 20.1. The molecule has 0 saturated heterocycles. The second kappa shape index (κ2) is 8.36. The number of nitrogens with one attached hydrogen (secondary N) is 1. The molecule has 1 heterocycles. The summed E-state index contributed by atoms with van der Waals surface area (Å²) < 4.78 is 11.6. The van der Waals surface area contributed by atoms with Gasteiger partial charge in [-0.15, -0.1) is 0 Å². The van der Waals surface area contributed by atoms with Crippen LogP contribution in [0.2, 0.25) is 5.02 Å². The van der Waals surface area contributed by atoms with E-state index in [1.54, 1.807) is 18.2 Å². The number of oxazole rings is 1. The van der Waals surface area contributed by atoms with Gasteiger partial charge in [0.05, 0.1) is 0 Å². The standard InChI is InChI=1S/C26H19ClN2O3/c1-16-5-2-6-18(13-16)31-15-25(30)28-17-11-12-24-23(14-17)29-26(32-24)21-9-3-8-20-19(21)7-4-10-22(20)27/h2-14H,15H2,1H3,(H,28,30). The highest BCUT2D eigenvalue weighted by molar-refractivity contribution is 6.35. The second-order valence-electron chi connectivity index (χ2n) is 7.50. The lowest BCUT2D eigenvalue weighted by atomic mass is 10.0. The maximum atomic E-state index is 12.3. The highest BCUT2D eigenvalue weighted by atomic mass is 35.5. The lowest BCUT2D eigenvalue weighted by Crippen LogP contribution is -2.20. The summed E-state index contributed by atoms with van der Waals surface area (Å²) in [5.41, 5.74) is 3.84. The minimum Gasteiger partial charge on any atom is -0.484 e. The number of carbonyl (C=O) groups is 1. The van der Waals surface area contributed by atoms with Gasteiger partial charge in [0.2, 0.25) is 5.89 Å². The molecule has 0 spiro atoms. The average Bonchev–Trinajstić information content (AvgIpc) is 3.21. The molecular weight excluding hydrogens is 424 g/mol. The van der Waals surface area contributed by atoms with Crippen molar-refractivity contribution in [1.82, 2.24) is 4.98 Å². The van der Waals surface area contributed by atoms with E-state index in [0.717, 1.165) is 21.9 Å². The van der Waals surface area contributed by atoms with Crippen LogP contribution in [-0.4, -0.2) is 17.5 Å². The molecule has 158 valence electrons. The molecule has 0 radical (unpaired) electrons. The lowest BCUT2D eigenvalue weighted by molar-refractivity contribution is -0.118. The van der Waals surface area contributed by atoms with Crippen LogP contribution in [0.5, 0.6) is 5.75 Å². The van der Waals surface area contributed by atoms with Crippen molar-refractivity contribution in [2.24, 2.45) is 0 Å². The molecule has 1 aromatic heterocycles. The summed E-state index contributed by atoms with van der Waals surface area (Å²) >= 11 is 6.34. The number of rotatable bonds is 5. The molecule has 4 aromatic carbocycles. The Kier molecular flexibility index (Phi) is 5.25. The van der Waals surface area contributed by atoms with Crippen molar-refractivity contribution < 1.29 is 13.9 Å². The van der Waals surface area contributed by atoms with Gasteiger partial charge in [-0.25, -0.2) is 4.98 Å². The van der Waals surface area contributed by atoms with E-state index < -0.39 is 0 Å². The summed E-state index contributed by atoms with van der Waals surface area (Å²) in [6.45, 7) is 1.89. The third-order valence-electron chi connectivity index (χ3n) is 5.13. The molecule has 0 unspecified atom stereocenters. The number of hydrogen-bond donors (Lipinski definition) is 1. The third kappa shape index (κ3) is 4.03. The van der Waals surface area contributed by atoms with Crippen molar-refractivity contribution >= 4 is 45.1 Å². The van der Waals surface area contributed by atoms with Crippen LogP contribution in [-0.2, 0) is 4.79 Å². The topological polar surface area (TPSA) is 64.4 Å². The zero-order chi connectivity index (χ0) is 22.1. The molecule has 32 heavy (non-hydrogen) atoms. The molecule has 0 aliphatic heterocycles. The minimum absolute atomic E-state index is 0.0810. The second-order valence-corrected chi connectivity index (χ2v) is 7.90. The number of aryl methyl sites for hydroxylation is 1. The van der Waals surface area contributed by atoms with Crippen molar-refractivity contribution in [3.05, 3.63) is 89.4 Å². The molecule has 5 aromatic rings. The van der Waals surface area contributed by atoms with Gasteiger partial charge in [0.15, 0.2) is 12.2 Å². The minimum atomic E-state index is -0.252. The van der Waals surface area contributed by atoms with E-state index in [1.807, 2.05) is 67.6 Å². The molecule has 0 bridgehead atoms. The Morgan fingerprint density at radius 3 is 2.69 bits per heavy atom. The van der Waals surface area contributed by atoms with E-state index in [2.05, 4.69) is 10.3 Å². The Hall–Kier alpha value is -3.83. The van der Waals surface area contributed by atoms with Crippen molar-refractivity contribution in [3.63, 3.8) is 0 Å². The Balaban J connectivity index is 1.37. The van der Waals surface area contributed by atoms with Crippen LogP contribution in [0.1, 0.15) is 5.56 Å². The van der Waals surface area contributed by atoms with E-state index in [-0.39, 0.29) is 12.5 Å². The fourth-order valence-corrected chi connectivity index (χ4v) is 3.87. The van der Waals surface area contributed by atoms with Crippen LogP contribution in [0.25, 0.3) is 33.3 Å². The van der Waals surface area contributed by atoms with Gasteiger partial charge in [0.1, 0.15) is 11.3 Å². The third-order valence-corrected chi connectivity index (χ3v) is 5.46. The van der Waals surface area contributed by atoms with E-state index in [9.17, 15) is 4.79 Å². The SMILES string of the molecule is Cc1cccc(OCC(=O)Nc2ccc3oc(-c4cccc5c(Cl)cccc45)nc3c2)c1. The van der Waals surface area contributed by atoms with Crippen LogP contribution < -0.4 is 10.1 Å². The highest BCUT2D eigenvalue weighted by Crippen LogP contribution is 2.33. The number of carbonyl (C=O) groups excluding carboxylic acids is 1. The molecular formula is C26H19ClN2O3. The van der Waals surface area contributed by atoms with Gasteiger partial charge in [-0.3, -0.25) is 4.79 Å². The van der Waals surface area contributed by atoms with Crippen LogP contribution >= 0.6 is 11.6 Å². The molecule has 5 nitrogen and oxygen atoms in total. The average molecular weight is 443 g/mol. The van der Waals surface area contributed by atoms with Gasteiger partial charge >= 0.3 is 0 Å². The summed E-state index contributed by atoms with van der Waals surface area (Å²) in [5, 5.41) is 5.43. The first-order valence-electron chi connectivity index (χ1n) is 10.1. The van der Waals surface area contributed by atoms with E-state index >= 15 is 0 Å². The molecule has 0 aliphatic rings. The first-order chi connectivity index (χ1) is 15.6. The Morgan fingerprint density at radius 2 is 1.81 bits per heavy atom. The molecule has 5 rings (SSSR count). The van der Waals surface area contributed by atoms with Crippen molar-refractivity contribution in [1.29, 1.82) is 0 Å². The lowest BCUT2D eigenvalue weighted by Gasteiger charge is -2.08. The van der Waals surface area contributed by atoms with Gasteiger partial charge in [-0.2, -0.15) is 0 Å². The number of ether oxygens (including phenoxy) is 1. The van der Waals surface area contributed by atoms with Gasteiger partial charge in [-0.1, -0.05) is 48.0 Å². The summed E-state index contributed by atoms with van der Waals surface area (Å²) in [6, 6.07) is 24.5. The molecule has 0 saturated carbocycles. The van der Waals surface area contributed by atoms with Crippen molar-refractivity contribution in [2.75, 3.05) is 11.9 Å². The van der Waals surface area contributed by atoms with Crippen molar-refractivity contribution in [2.45, 2.75) is 6.92 Å². The predicted molar refractivity (Wildman–Crippen MR) is 127 cm³/mol. The predicted octanol–water partition coefficient (Wildman–Crippen LogP) is 6.63. The van der Waals surface area contributed by atoms with Crippen molar-refractivity contribution in [3.8, 4) is 17.2 Å². The number of aromatic nitrogens is 1. The monoisotopic (exact) mass is 442 g/mol. The van der Waals surface area contributed by atoms with Gasteiger partial charge in [0, 0.05) is 21.7 Å². The largest absolute Gasteiger partial charge is 0.484 e. The zero-order valence-electron chi connectivity index (χ0n) is 17.3. The Morgan fingerprint density at radius 1 is 1.00 bits per heavy atom. The number of nitrogens with zero attached hydrogens (tertiary/aromatic N) is 1. The Bertz CT molecular complexity index is 1460. The number of benzene rings is 4. The fourth-order valence-electron chi connectivity index (χ4n) is 3.63. The number of halogens is 1. The van der Waals surface area contributed by atoms with Crippen LogP contribution in [0, 0.1) is 6.92 Å². The molecule has 6 heteroatoms. The number of anilines is 1. The van der Waals surface area contributed by atoms with Gasteiger partial charge in [0.25, 0.3) is 5.91 Å². The summed E-state index contributed by atoms with van der Waals surface area (Å²) in [7, 11) is 0. The summed E-state index contributed by atoms with van der Waals surface area (Å²) in [6.07, 6.45) is 0. The van der Waals surface area contributed by atoms with Crippen LogP contribution in [0.15, 0.2) is 83.3 Å². The van der Waals surface area contributed by atoms with Crippen LogP contribution in [0.3, 0.4) is 0 Å². The number of fused-ring (bicyclic) bond motifs is 2. The van der Waals surface area contributed by atoms with Crippen LogP contribution in [0.4, 0.5) is 5.69 Å². The molecule has 1 N–H and O–H groups in total. The zero-order valence-corrected chi connectivity index (χ0v) is 18.0. The first-order valence-corrected chi connectivity index (χ1v) is 10.5. The summed E-state index contributed by atoms with van der Waals surface area (Å²) in [5.74, 6) is 0.907. The molecule has 0 aliphatic carbocycles. The number of amides is 1. The highest BCUT2D eigenvalue weighted by Gasteiger charge is 2.13. The molecule has 1 amide bonds. The summed E-state index contributed by atoms with van der Waals surface area (Å²) in [4.78, 5) is 17.0. The smallest absolute Gasteiger partial charge is 0.262 e. The normalized spacial score (nSPS) is 11.1. The quantitative estimate of drug-likeness (QED) is 0.332. The maximum Gasteiger partial charge on any atom is 0.262 e.